The van der Waals surface area contributed by atoms with E-state index in [1.54, 1.807) is 12.1 Å². The molecule has 0 radical (unpaired) electrons. The van der Waals surface area contributed by atoms with E-state index in [4.69, 9.17) is 32.7 Å². The van der Waals surface area contributed by atoms with Crippen LogP contribution in [0.2, 0.25) is 10.0 Å². The molecule has 0 aromatic heterocycles. The largest absolute Gasteiger partial charge is 0.379 e. The summed E-state index contributed by atoms with van der Waals surface area (Å²) in [5, 5.41) is 0.984. The molecule has 132 valence electrons. The fraction of sp³-hybridized carbons (Fsp3) is 0.588. The molecule has 1 atom stereocenters. The van der Waals surface area contributed by atoms with Crippen LogP contribution in [0.3, 0.4) is 0 Å². The third-order valence-corrected chi connectivity index (χ3v) is 5.20. The molecule has 1 unspecified atom stereocenters. The third-order valence-electron chi connectivity index (χ3n) is 4.46. The summed E-state index contributed by atoms with van der Waals surface area (Å²) in [5.41, 5.74) is 0.881. The maximum Gasteiger partial charge on any atom is 0.227 e. The van der Waals surface area contributed by atoms with E-state index >= 15 is 0 Å². The van der Waals surface area contributed by atoms with Crippen molar-refractivity contribution in [3.05, 3.63) is 33.8 Å². The van der Waals surface area contributed by atoms with E-state index in [2.05, 4.69) is 4.90 Å². The molecule has 1 aromatic carbocycles. The summed E-state index contributed by atoms with van der Waals surface area (Å²) < 4.78 is 11.0. The zero-order chi connectivity index (χ0) is 16.9. The quantitative estimate of drug-likeness (QED) is 0.811. The highest BCUT2D eigenvalue weighted by Crippen LogP contribution is 2.23. The van der Waals surface area contributed by atoms with Gasteiger partial charge in [-0.1, -0.05) is 29.3 Å². The van der Waals surface area contributed by atoms with E-state index < -0.39 is 0 Å². The molecule has 0 spiro atoms. The fourth-order valence-electron chi connectivity index (χ4n) is 3.14. The number of benzene rings is 1. The lowest BCUT2D eigenvalue weighted by Gasteiger charge is -2.39. The van der Waals surface area contributed by atoms with Crippen LogP contribution in [0.5, 0.6) is 0 Å². The number of carbonyl (C=O) groups is 1. The lowest BCUT2D eigenvalue weighted by Crippen LogP contribution is -2.55. The minimum Gasteiger partial charge on any atom is -0.379 e. The summed E-state index contributed by atoms with van der Waals surface area (Å²) in [5.74, 6) is 0.106. The van der Waals surface area contributed by atoms with Crippen molar-refractivity contribution in [2.24, 2.45) is 0 Å². The van der Waals surface area contributed by atoms with Crippen LogP contribution in [0, 0.1) is 0 Å². The van der Waals surface area contributed by atoms with Crippen LogP contribution in [-0.2, 0) is 20.7 Å². The normalized spacial score (nSPS) is 22.6. The average Bonchev–Trinajstić information content (AvgIpc) is 2.59. The van der Waals surface area contributed by atoms with Crippen LogP contribution in [0.25, 0.3) is 0 Å². The second-order valence-electron chi connectivity index (χ2n) is 6.15. The highest BCUT2D eigenvalue weighted by atomic mass is 35.5. The van der Waals surface area contributed by atoms with E-state index in [1.807, 2.05) is 11.0 Å². The minimum atomic E-state index is 0.0899. The van der Waals surface area contributed by atoms with Crippen LogP contribution in [-0.4, -0.2) is 74.4 Å². The molecule has 7 heteroatoms. The Kier molecular flexibility index (Phi) is 6.36. The first-order valence-corrected chi connectivity index (χ1v) is 9.00. The SMILES string of the molecule is O=C(Cc1ccc(Cl)c(Cl)c1)N1CCOCC1CN1CCOCC1. The Morgan fingerprint density at radius 2 is 1.83 bits per heavy atom. The molecular formula is C17H22Cl2N2O3. The molecule has 0 saturated carbocycles. The van der Waals surface area contributed by atoms with Gasteiger partial charge in [-0.25, -0.2) is 0 Å². The smallest absolute Gasteiger partial charge is 0.227 e. The molecule has 3 rings (SSSR count). The molecule has 2 aliphatic rings. The Morgan fingerprint density at radius 1 is 1.08 bits per heavy atom. The molecule has 1 amide bonds. The molecule has 5 nitrogen and oxygen atoms in total. The zero-order valence-electron chi connectivity index (χ0n) is 13.5. The maximum absolute atomic E-state index is 12.8. The predicted octanol–water partition coefficient (Wildman–Crippen LogP) is 2.10. The van der Waals surface area contributed by atoms with Gasteiger partial charge in [0.2, 0.25) is 5.91 Å². The molecular weight excluding hydrogens is 351 g/mol. The predicted molar refractivity (Wildman–Crippen MR) is 93.7 cm³/mol. The number of morpholine rings is 2. The van der Waals surface area contributed by atoms with Crippen molar-refractivity contribution >= 4 is 29.1 Å². The number of amides is 1. The van der Waals surface area contributed by atoms with Crippen molar-refractivity contribution < 1.29 is 14.3 Å². The summed E-state index contributed by atoms with van der Waals surface area (Å²) in [6, 6.07) is 5.44. The van der Waals surface area contributed by atoms with Crippen LogP contribution in [0.4, 0.5) is 0 Å². The van der Waals surface area contributed by atoms with Crippen LogP contribution < -0.4 is 0 Å². The number of halogens is 2. The van der Waals surface area contributed by atoms with Crippen LogP contribution >= 0.6 is 23.2 Å². The van der Waals surface area contributed by atoms with E-state index in [-0.39, 0.29) is 11.9 Å². The molecule has 2 heterocycles. The second-order valence-corrected chi connectivity index (χ2v) is 6.97. The Labute approximate surface area is 152 Å². The molecule has 0 aliphatic carbocycles. The van der Waals surface area contributed by atoms with E-state index in [1.165, 1.54) is 0 Å². The monoisotopic (exact) mass is 372 g/mol. The Hall–Kier alpha value is -0.850. The van der Waals surface area contributed by atoms with Gasteiger partial charge in [-0.05, 0) is 17.7 Å². The summed E-state index contributed by atoms with van der Waals surface area (Å²) in [7, 11) is 0. The first-order chi connectivity index (χ1) is 11.6. The molecule has 2 aliphatic heterocycles. The van der Waals surface area contributed by atoms with Crippen molar-refractivity contribution in [3.8, 4) is 0 Å². The lowest BCUT2D eigenvalue weighted by atomic mass is 10.1. The van der Waals surface area contributed by atoms with Gasteiger partial charge in [0.15, 0.2) is 0 Å². The zero-order valence-corrected chi connectivity index (χ0v) is 15.1. The van der Waals surface area contributed by atoms with Crippen molar-refractivity contribution in [2.75, 3.05) is 52.6 Å². The highest BCUT2D eigenvalue weighted by molar-refractivity contribution is 6.42. The number of carbonyl (C=O) groups excluding carboxylic acids is 1. The Balaban J connectivity index is 1.62. The van der Waals surface area contributed by atoms with Crippen molar-refractivity contribution in [1.29, 1.82) is 0 Å². The molecule has 24 heavy (non-hydrogen) atoms. The number of ether oxygens (including phenoxy) is 2. The summed E-state index contributed by atoms with van der Waals surface area (Å²) in [6.45, 7) is 5.97. The van der Waals surface area contributed by atoms with E-state index in [0.717, 1.165) is 38.4 Å². The Bertz CT molecular complexity index is 579. The average molecular weight is 373 g/mol. The number of hydrogen-bond acceptors (Lipinski definition) is 4. The van der Waals surface area contributed by atoms with Gasteiger partial charge in [-0.15, -0.1) is 0 Å². The van der Waals surface area contributed by atoms with Gasteiger partial charge in [-0.3, -0.25) is 9.69 Å². The lowest BCUT2D eigenvalue weighted by molar-refractivity contribution is -0.140. The standard InChI is InChI=1S/C17H22Cl2N2O3/c18-15-2-1-13(9-16(15)19)10-17(22)21-5-8-24-12-14(21)11-20-3-6-23-7-4-20/h1-2,9,14H,3-8,10-12H2. The molecule has 0 bridgehead atoms. The van der Waals surface area contributed by atoms with Crippen molar-refractivity contribution in [1.82, 2.24) is 9.80 Å². The minimum absolute atomic E-state index is 0.0899. The number of hydrogen-bond donors (Lipinski definition) is 0. The second kappa shape index (κ2) is 8.50. The van der Waals surface area contributed by atoms with Gasteiger partial charge < -0.3 is 14.4 Å². The fourth-order valence-corrected chi connectivity index (χ4v) is 3.46. The van der Waals surface area contributed by atoms with Crippen LogP contribution in [0.15, 0.2) is 18.2 Å². The number of nitrogens with zero attached hydrogens (tertiary/aromatic N) is 2. The van der Waals surface area contributed by atoms with Crippen LogP contribution in [0.1, 0.15) is 5.56 Å². The summed E-state index contributed by atoms with van der Waals surface area (Å²) >= 11 is 12.0. The summed E-state index contributed by atoms with van der Waals surface area (Å²) in [6.07, 6.45) is 0.330. The molecule has 2 saturated heterocycles. The van der Waals surface area contributed by atoms with Gasteiger partial charge in [0.1, 0.15) is 0 Å². The number of rotatable bonds is 4. The van der Waals surface area contributed by atoms with Gasteiger partial charge in [0.25, 0.3) is 0 Å². The summed E-state index contributed by atoms with van der Waals surface area (Å²) in [4.78, 5) is 17.0. The van der Waals surface area contributed by atoms with Gasteiger partial charge in [-0.2, -0.15) is 0 Å². The van der Waals surface area contributed by atoms with Crippen molar-refractivity contribution in [2.45, 2.75) is 12.5 Å². The molecule has 1 aromatic rings. The van der Waals surface area contributed by atoms with E-state index in [9.17, 15) is 4.79 Å². The van der Waals surface area contributed by atoms with Gasteiger partial charge in [0, 0.05) is 26.2 Å². The first-order valence-electron chi connectivity index (χ1n) is 8.25. The topological polar surface area (TPSA) is 42.0 Å². The van der Waals surface area contributed by atoms with Gasteiger partial charge in [0.05, 0.1) is 48.9 Å². The third kappa shape index (κ3) is 4.61. The van der Waals surface area contributed by atoms with Crippen molar-refractivity contribution in [3.63, 3.8) is 0 Å². The first kappa shape index (κ1) is 18.0. The maximum atomic E-state index is 12.8. The molecule has 0 N–H and O–H groups in total. The molecule has 2 fully saturated rings. The Morgan fingerprint density at radius 3 is 2.58 bits per heavy atom. The van der Waals surface area contributed by atoms with E-state index in [0.29, 0.717) is 36.2 Å². The highest BCUT2D eigenvalue weighted by Gasteiger charge is 2.29. The van der Waals surface area contributed by atoms with Gasteiger partial charge >= 0.3 is 0 Å².